The Balaban J connectivity index is 1.55. The molecule has 1 unspecified atom stereocenters. The summed E-state index contributed by atoms with van der Waals surface area (Å²) in [6.45, 7) is 1.33. The van der Waals surface area contributed by atoms with E-state index in [1.54, 1.807) is 11.3 Å². The molecule has 1 N–H and O–H groups in total. The van der Waals surface area contributed by atoms with E-state index in [0.717, 1.165) is 28.8 Å². The van der Waals surface area contributed by atoms with Crippen LogP contribution in [0.25, 0.3) is 0 Å². The highest BCUT2D eigenvalue weighted by molar-refractivity contribution is 7.10. The number of likely N-dealkylation sites (tertiary alicyclic amines) is 1. The second kappa shape index (κ2) is 7.33. The van der Waals surface area contributed by atoms with Crippen LogP contribution in [0.2, 0.25) is 0 Å². The zero-order valence-electron chi connectivity index (χ0n) is 15.4. The maximum Gasteiger partial charge on any atom is 0.255 e. The molecular weight excluding hydrogens is 356 g/mol. The second-order valence-corrected chi connectivity index (χ2v) is 8.19. The number of rotatable bonds is 4. The van der Waals surface area contributed by atoms with Crippen LogP contribution in [0.15, 0.2) is 66.3 Å². The van der Waals surface area contributed by atoms with E-state index in [2.05, 4.69) is 0 Å². The number of hydrogen-bond acceptors (Lipinski definition) is 3. The van der Waals surface area contributed by atoms with Gasteiger partial charge in [-0.15, -0.1) is 11.3 Å². The van der Waals surface area contributed by atoms with Crippen LogP contribution in [-0.4, -0.2) is 33.6 Å². The smallest absolute Gasteiger partial charge is 0.255 e. The molecule has 1 amide bonds. The Labute approximate surface area is 163 Å². The predicted octanol–water partition coefficient (Wildman–Crippen LogP) is 3.87. The molecule has 0 bridgehead atoms. The summed E-state index contributed by atoms with van der Waals surface area (Å²) in [5, 5.41) is 13.8. The summed E-state index contributed by atoms with van der Waals surface area (Å²) in [5.41, 5.74) is 0.657. The fourth-order valence-corrected chi connectivity index (χ4v) is 5.00. The van der Waals surface area contributed by atoms with E-state index in [-0.39, 0.29) is 11.8 Å². The molecule has 1 atom stereocenters. The molecule has 0 aliphatic carbocycles. The molecule has 0 spiro atoms. The van der Waals surface area contributed by atoms with E-state index in [1.807, 2.05) is 82.8 Å². The number of hydrogen-bond donors (Lipinski definition) is 1. The standard InChI is InChI=1S/C22H24N2O2S/c1-23-12-9-17(16-23)21(25)24-13-10-19(11-14-24)22(26,20-8-5-15-27-20)18-6-3-2-4-7-18/h2-9,12,15-16,19,26H,10-11,13-14H2,1H3. The van der Waals surface area contributed by atoms with Gasteiger partial charge in [0.15, 0.2) is 0 Å². The Morgan fingerprint density at radius 2 is 1.85 bits per heavy atom. The highest BCUT2D eigenvalue weighted by Crippen LogP contribution is 2.43. The van der Waals surface area contributed by atoms with E-state index >= 15 is 0 Å². The molecule has 27 heavy (non-hydrogen) atoms. The van der Waals surface area contributed by atoms with Crippen molar-refractivity contribution in [3.63, 3.8) is 0 Å². The van der Waals surface area contributed by atoms with Crippen LogP contribution in [0, 0.1) is 5.92 Å². The Kier molecular flexibility index (Phi) is 4.89. The first-order valence-corrected chi connectivity index (χ1v) is 10.2. The maximum absolute atomic E-state index is 12.7. The van der Waals surface area contributed by atoms with Crippen molar-refractivity contribution >= 4 is 17.2 Å². The van der Waals surface area contributed by atoms with Crippen LogP contribution in [0.4, 0.5) is 0 Å². The number of benzene rings is 1. The minimum atomic E-state index is -1.00. The number of aryl methyl sites for hydroxylation is 1. The van der Waals surface area contributed by atoms with Gasteiger partial charge in [0.1, 0.15) is 5.60 Å². The lowest BCUT2D eigenvalue weighted by Gasteiger charge is -2.41. The Hall–Kier alpha value is -2.37. The van der Waals surface area contributed by atoms with Gasteiger partial charge < -0.3 is 14.6 Å². The van der Waals surface area contributed by atoms with E-state index in [9.17, 15) is 9.90 Å². The van der Waals surface area contributed by atoms with Gasteiger partial charge in [0.2, 0.25) is 0 Å². The van der Waals surface area contributed by atoms with Crippen molar-refractivity contribution in [1.29, 1.82) is 0 Å². The van der Waals surface area contributed by atoms with Gasteiger partial charge in [-0.25, -0.2) is 0 Å². The number of thiophene rings is 1. The summed E-state index contributed by atoms with van der Waals surface area (Å²) in [5.74, 6) is 0.159. The van der Waals surface area contributed by atoms with Crippen molar-refractivity contribution in [1.82, 2.24) is 9.47 Å². The summed E-state index contributed by atoms with van der Waals surface area (Å²) >= 11 is 1.59. The summed E-state index contributed by atoms with van der Waals surface area (Å²) in [4.78, 5) is 15.6. The van der Waals surface area contributed by atoms with Crippen LogP contribution >= 0.6 is 11.3 Å². The maximum atomic E-state index is 12.7. The number of aliphatic hydroxyl groups is 1. The summed E-state index contributed by atoms with van der Waals surface area (Å²) in [6, 6.07) is 15.8. The molecule has 140 valence electrons. The van der Waals surface area contributed by atoms with E-state index in [1.165, 1.54) is 0 Å². The Bertz CT molecular complexity index is 896. The minimum Gasteiger partial charge on any atom is -0.379 e. The van der Waals surface area contributed by atoms with Gasteiger partial charge in [0.05, 0.1) is 5.56 Å². The molecule has 4 rings (SSSR count). The van der Waals surface area contributed by atoms with Gasteiger partial charge >= 0.3 is 0 Å². The third-order valence-electron chi connectivity index (χ3n) is 5.56. The van der Waals surface area contributed by atoms with Crippen molar-refractivity contribution in [3.05, 3.63) is 82.3 Å². The normalized spacial score (nSPS) is 17.6. The lowest BCUT2D eigenvalue weighted by molar-refractivity contribution is -0.00950. The molecule has 2 aromatic heterocycles. The fraction of sp³-hybridized carbons (Fsp3) is 0.318. The lowest BCUT2D eigenvalue weighted by Crippen LogP contribution is -2.45. The molecule has 5 heteroatoms. The highest BCUT2D eigenvalue weighted by Gasteiger charge is 2.42. The number of amides is 1. The summed E-state index contributed by atoms with van der Waals surface area (Å²) < 4.78 is 1.89. The molecule has 3 aromatic rings. The van der Waals surface area contributed by atoms with Gasteiger partial charge in [-0.1, -0.05) is 36.4 Å². The van der Waals surface area contributed by atoms with E-state index < -0.39 is 5.60 Å². The van der Waals surface area contributed by atoms with Crippen LogP contribution in [0.1, 0.15) is 33.6 Å². The van der Waals surface area contributed by atoms with Crippen LogP contribution in [-0.2, 0) is 12.6 Å². The zero-order chi connectivity index (χ0) is 18.9. The van der Waals surface area contributed by atoms with Crippen molar-refractivity contribution in [2.24, 2.45) is 13.0 Å². The third-order valence-corrected chi connectivity index (χ3v) is 6.56. The molecule has 1 saturated heterocycles. The van der Waals surface area contributed by atoms with Gasteiger partial charge in [-0.3, -0.25) is 4.79 Å². The average Bonchev–Trinajstić information content (AvgIpc) is 3.40. The van der Waals surface area contributed by atoms with Gasteiger partial charge in [0, 0.05) is 43.3 Å². The topological polar surface area (TPSA) is 45.5 Å². The second-order valence-electron chi connectivity index (χ2n) is 7.24. The quantitative estimate of drug-likeness (QED) is 0.747. The number of aromatic nitrogens is 1. The summed E-state index contributed by atoms with van der Waals surface area (Å²) in [7, 11) is 1.92. The molecule has 1 fully saturated rings. The van der Waals surface area contributed by atoms with Gasteiger partial charge in [-0.2, -0.15) is 0 Å². The third kappa shape index (κ3) is 3.33. The lowest BCUT2D eigenvalue weighted by atomic mass is 9.75. The molecule has 0 radical (unpaired) electrons. The first-order chi connectivity index (χ1) is 13.1. The largest absolute Gasteiger partial charge is 0.379 e. The Morgan fingerprint density at radius 3 is 2.44 bits per heavy atom. The molecule has 1 aliphatic heterocycles. The monoisotopic (exact) mass is 380 g/mol. The number of carbonyl (C=O) groups excluding carboxylic acids is 1. The molecular formula is C22H24N2O2S. The van der Waals surface area contributed by atoms with Gasteiger partial charge in [-0.05, 0) is 35.9 Å². The van der Waals surface area contributed by atoms with Gasteiger partial charge in [0.25, 0.3) is 5.91 Å². The molecule has 4 nitrogen and oxygen atoms in total. The first kappa shape index (κ1) is 18.0. The minimum absolute atomic E-state index is 0.0772. The van der Waals surface area contributed by atoms with Crippen LogP contribution < -0.4 is 0 Å². The molecule has 0 saturated carbocycles. The van der Waals surface area contributed by atoms with Crippen LogP contribution in [0.3, 0.4) is 0 Å². The van der Waals surface area contributed by atoms with E-state index in [4.69, 9.17) is 0 Å². The van der Waals surface area contributed by atoms with Crippen molar-refractivity contribution in [3.8, 4) is 0 Å². The zero-order valence-corrected chi connectivity index (χ0v) is 16.2. The Morgan fingerprint density at radius 1 is 1.11 bits per heavy atom. The SMILES string of the molecule is Cn1ccc(C(=O)N2CCC(C(O)(c3ccccc3)c3cccs3)CC2)c1. The van der Waals surface area contributed by atoms with Crippen molar-refractivity contribution < 1.29 is 9.90 Å². The molecule has 3 heterocycles. The summed E-state index contributed by atoms with van der Waals surface area (Å²) in [6.07, 6.45) is 5.31. The number of nitrogens with zero attached hydrogens (tertiary/aromatic N) is 2. The van der Waals surface area contributed by atoms with E-state index in [0.29, 0.717) is 13.1 Å². The average molecular weight is 381 g/mol. The first-order valence-electron chi connectivity index (χ1n) is 9.32. The van der Waals surface area contributed by atoms with Crippen LogP contribution in [0.5, 0.6) is 0 Å². The molecule has 1 aliphatic rings. The number of carbonyl (C=O) groups is 1. The molecule has 1 aromatic carbocycles. The highest BCUT2D eigenvalue weighted by atomic mass is 32.1. The van der Waals surface area contributed by atoms with Crippen molar-refractivity contribution in [2.45, 2.75) is 18.4 Å². The van der Waals surface area contributed by atoms with Crippen molar-refractivity contribution in [2.75, 3.05) is 13.1 Å². The number of piperidine rings is 1. The predicted molar refractivity (Wildman–Crippen MR) is 108 cm³/mol. The fourth-order valence-electron chi connectivity index (χ4n) is 4.08.